The van der Waals surface area contributed by atoms with E-state index in [4.69, 9.17) is 10.5 Å². The number of hydrogen-bond donors (Lipinski definition) is 2. The van der Waals surface area contributed by atoms with E-state index in [-0.39, 0.29) is 0 Å². The van der Waals surface area contributed by atoms with Crippen molar-refractivity contribution in [2.45, 2.75) is 51.2 Å². The number of aliphatic imine (C=N–C) groups is 1. The highest BCUT2D eigenvalue weighted by molar-refractivity contribution is 5.78. The van der Waals surface area contributed by atoms with Crippen molar-refractivity contribution in [2.24, 2.45) is 16.1 Å². The van der Waals surface area contributed by atoms with Crippen LogP contribution in [0.1, 0.15) is 38.3 Å². The van der Waals surface area contributed by atoms with Crippen LogP contribution in [0.3, 0.4) is 0 Å². The molecule has 3 N–H and O–H groups in total. The summed E-state index contributed by atoms with van der Waals surface area (Å²) in [6, 6.07) is 6.36. The Morgan fingerprint density at radius 3 is 3.00 bits per heavy atom. The maximum atomic E-state index is 6.05. The number of nitrogens with two attached hydrogens (primary N) is 1. The van der Waals surface area contributed by atoms with E-state index in [1.54, 1.807) is 0 Å². The zero-order valence-corrected chi connectivity index (χ0v) is 13.3. The second kappa shape index (κ2) is 6.65. The van der Waals surface area contributed by atoms with E-state index in [2.05, 4.69) is 22.2 Å². The number of nitrogens with zero attached hydrogens (tertiary/aromatic N) is 2. The van der Waals surface area contributed by atoms with Crippen LogP contribution in [0.5, 0.6) is 0 Å². The fourth-order valence-electron chi connectivity index (χ4n) is 3.70. The molecule has 0 bridgehead atoms. The molecule has 22 heavy (non-hydrogen) atoms. The molecule has 3 rings (SSSR count). The van der Waals surface area contributed by atoms with E-state index in [9.17, 15) is 0 Å². The van der Waals surface area contributed by atoms with Crippen LogP contribution in [0.4, 0.5) is 0 Å². The summed E-state index contributed by atoms with van der Waals surface area (Å²) in [7, 11) is 0. The molecule has 0 aliphatic heterocycles. The van der Waals surface area contributed by atoms with Gasteiger partial charge in [0.05, 0.1) is 6.10 Å². The molecule has 120 valence electrons. The monoisotopic (exact) mass is 302 g/mol. The van der Waals surface area contributed by atoms with E-state index in [1.807, 2.05) is 24.4 Å². The van der Waals surface area contributed by atoms with Crippen LogP contribution in [0.15, 0.2) is 29.4 Å². The van der Waals surface area contributed by atoms with Gasteiger partial charge in [-0.15, -0.1) is 0 Å². The molecule has 0 aromatic carbocycles. The van der Waals surface area contributed by atoms with Crippen molar-refractivity contribution in [3.8, 4) is 0 Å². The lowest BCUT2D eigenvalue weighted by Gasteiger charge is -2.61. The number of ether oxygens (including phenoxy) is 1. The third-order valence-corrected chi connectivity index (χ3v) is 5.14. The minimum atomic E-state index is 0.317. The predicted octanol–water partition coefficient (Wildman–Crippen LogP) is 1.88. The molecule has 2 unspecified atom stereocenters. The average Bonchev–Trinajstić information content (AvgIpc) is 2.45. The van der Waals surface area contributed by atoms with Crippen LogP contribution < -0.4 is 11.1 Å². The first kappa shape index (κ1) is 15.3. The van der Waals surface area contributed by atoms with Crippen LogP contribution in [0.25, 0.3) is 0 Å². The first-order valence-electron chi connectivity index (χ1n) is 8.32. The molecule has 1 spiro atoms. The van der Waals surface area contributed by atoms with Gasteiger partial charge >= 0.3 is 0 Å². The van der Waals surface area contributed by atoms with Gasteiger partial charge in [-0.2, -0.15) is 0 Å². The van der Waals surface area contributed by atoms with Gasteiger partial charge in [-0.1, -0.05) is 12.5 Å². The second-order valence-corrected chi connectivity index (χ2v) is 6.30. The molecule has 2 aliphatic carbocycles. The van der Waals surface area contributed by atoms with Crippen molar-refractivity contribution in [2.75, 3.05) is 13.2 Å². The van der Waals surface area contributed by atoms with Gasteiger partial charge in [0.2, 0.25) is 0 Å². The lowest BCUT2D eigenvalue weighted by molar-refractivity contribution is -0.168. The highest BCUT2D eigenvalue weighted by Crippen LogP contribution is 2.57. The van der Waals surface area contributed by atoms with E-state index in [1.165, 1.54) is 19.3 Å². The van der Waals surface area contributed by atoms with E-state index in [0.29, 0.717) is 30.1 Å². The van der Waals surface area contributed by atoms with E-state index < -0.39 is 0 Å². The molecule has 5 nitrogen and oxygen atoms in total. The van der Waals surface area contributed by atoms with E-state index >= 15 is 0 Å². The first-order valence-corrected chi connectivity index (χ1v) is 8.32. The summed E-state index contributed by atoms with van der Waals surface area (Å²) in [6.07, 6.45) is 7.88. The molecular weight excluding hydrogens is 276 g/mol. The van der Waals surface area contributed by atoms with Gasteiger partial charge in [-0.3, -0.25) is 9.98 Å². The Morgan fingerprint density at radius 1 is 1.50 bits per heavy atom. The number of guanidine groups is 1. The zero-order chi connectivity index (χ0) is 15.4. The van der Waals surface area contributed by atoms with Crippen molar-refractivity contribution in [1.29, 1.82) is 0 Å². The Labute approximate surface area is 132 Å². The maximum Gasteiger partial charge on any atom is 0.188 e. The lowest BCUT2D eigenvalue weighted by Crippen LogP contribution is -2.68. The van der Waals surface area contributed by atoms with Gasteiger partial charge in [-0.05, 0) is 38.3 Å². The maximum absolute atomic E-state index is 6.05. The standard InChI is InChI=1S/C17H26N4O/c1-2-22-15-12-14(17(15)8-5-9-17)21-16(18)20-11-7-13-6-3-4-10-19-13/h3-4,6,10,14-15H,2,5,7-9,11-12H2,1H3,(H3,18,20,21). The molecule has 1 heterocycles. The minimum Gasteiger partial charge on any atom is -0.378 e. The SMILES string of the molecule is CCOC1CC(NC(N)=NCCc2ccccn2)C12CCC2. The van der Waals surface area contributed by atoms with Gasteiger partial charge in [0.15, 0.2) is 5.96 Å². The highest BCUT2D eigenvalue weighted by Gasteiger charge is 2.59. The summed E-state index contributed by atoms with van der Waals surface area (Å²) < 4.78 is 5.86. The number of aromatic nitrogens is 1. The number of nitrogens with one attached hydrogen (secondary N) is 1. The quantitative estimate of drug-likeness (QED) is 0.621. The summed E-state index contributed by atoms with van der Waals surface area (Å²) in [6.45, 7) is 3.54. The third-order valence-electron chi connectivity index (χ3n) is 5.14. The van der Waals surface area contributed by atoms with E-state index in [0.717, 1.165) is 25.1 Å². The number of hydrogen-bond acceptors (Lipinski definition) is 3. The Hall–Kier alpha value is -1.62. The Balaban J connectivity index is 1.47. The molecule has 2 atom stereocenters. The van der Waals surface area contributed by atoms with Gasteiger partial charge in [0, 0.05) is 42.9 Å². The summed E-state index contributed by atoms with van der Waals surface area (Å²) in [4.78, 5) is 8.73. The van der Waals surface area contributed by atoms with Gasteiger partial charge in [0.1, 0.15) is 0 Å². The molecule has 1 aromatic rings. The number of pyridine rings is 1. The minimum absolute atomic E-state index is 0.317. The molecule has 2 fully saturated rings. The molecular formula is C17H26N4O. The Kier molecular flexibility index (Phi) is 4.62. The van der Waals surface area contributed by atoms with Crippen molar-refractivity contribution >= 4 is 5.96 Å². The second-order valence-electron chi connectivity index (χ2n) is 6.30. The lowest BCUT2D eigenvalue weighted by atomic mass is 9.51. The predicted molar refractivity (Wildman–Crippen MR) is 87.7 cm³/mol. The van der Waals surface area contributed by atoms with Gasteiger partial charge < -0.3 is 15.8 Å². The van der Waals surface area contributed by atoms with Crippen LogP contribution in [-0.2, 0) is 11.2 Å². The van der Waals surface area contributed by atoms with Crippen LogP contribution >= 0.6 is 0 Å². The molecule has 0 saturated heterocycles. The zero-order valence-electron chi connectivity index (χ0n) is 13.3. The van der Waals surface area contributed by atoms with Crippen molar-refractivity contribution < 1.29 is 4.74 Å². The fourth-order valence-corrected chi connectivity index (χ4v) is 3.70. The largest absolute Gasteiger partial charge is 0.378 e. The van der Waals surface area contributed by atoms with Gasteiger partial charge in [0.25, 0.3) is 0 Å². The Bertz CT molecular complexity index is 513. The van der Waals surface area contributed by atoms with Gasteiger partial charge in [-0.25, -0.2) is 0 Å². The Morgan fingerprint density at radius 2 is 2.36 bits per heavy atom. The van der Waals surface area contributed by atoms with Crippen molar-refractivity contribution in [3.05, 3.63) is 30.1 Å². The highest BCUT2D eigenvalue weighted by atomic mass is 16.5. The molecule has 0 amide bonds. The van der Waals surface area contributed by atoms with Crippen molar-refractivity contribution in [3.63, 3.8) is 0 Å². The van der Waals surface area contributed by atoms with Crippen LogP contribution in [0, 0.1) is 5.41 Å². The summed E-state index contributed by atoms with van der Waals surface area (Å²) in [5.41, 5.74) is 7.41. The number of rotatable bonds is 6. The normalized spacial score (nSPS) is 26.3. The molecule has 5 heteroatoms. The first-order chi connectivity index (χ1) is 10.7. The summed E-state index contributed by atoms with van der Waals surface area (Å²) in [5, 5.41) is 3.41. The third kappa shape index (κ3) is 2.95. The fraction of sp³-hybridized carbons (Fsp3) is 0.647. The molecule has 2 aliphatic rings. The smallest absolute Gasteiger partial charge is 0.188 e. The molecule has 2 saturated carbocycles. The summed E-state index contributed by atoms with van der Waals surface area (Å²) >= 11 is 0. The average molecular weight is 302 g/mol. The molecule has 0 radical (unpaired) electrons. The molecule has 1 aromatic heterocycles. The topological polar surface area (TPSA) is 72.5 Å². The van der Waals surface area contributed by atoms with Crippen LogP contribution in [-0.4, -0.2) is 36.2 Å². The van der Waals surface area contributed by atoms with Crippen LogP contribution in [0.2, 0.25) is 0 Å². The van der Waals surface area contributed by atoms with Crippen molar-refractivity contribution in [1.82, 2.24) is 10.3 Å². The summed E-state index contributed by atoms with van der Waals surface area (Å²) in [5.74, 6) is 0.558.